The highest BCUT2D eigenvalue weighted by atomic mass is 32.2. The number of nitrogens with zero attached hydrogens (tertiary/aromatic N) is 1. The number of carbonyl (C=O) groups is 2. The second-order valence-electron chi connectivity index (χ2n) is 8.17. The summed E-state index contributed by atoms with van der Waals surface area (Å²) in [6, 6.07) is 15.8. The maximum Gasteiger partial charge on any atom is 0.223 e. The van der Waals surface area contributed by atoms with E-state index >= 15 is 0 Å². The molecule has 1 saturated heterocycles. The van der Waals surface area contributed by atoms with Gasteiger partial charge in [0.2, 0.25) is 5.91 Å². The molecule has 1 heterocycles. The lowest BCUT2D eigenvalue weighted by Gasteiger charge is -2.33. The standard InChI is InChI=1S/C27H33NO5S/c1-21(29)8-9-23-10-11-25(26(18-23)31-2)33-20-24-19-28(14-15-32-24)27(30)13-17-34-16-12-22-6-4-3-5-7-22/h3-7,10-12,16,18,24H,8-9,13-15,17,19-20H2,1-2H3/b16-12-. The largest absolute Gasteiger partial charge is 0.493 e. The Labute approximate surface area is 206 Å². The fraction of sp³-hybridized carbons (Fsp3) is 0.407. The van der Waals surface area contributed by atoms with Crippen LogP contribution in [0.25, 0.3) is 6.08 Å². The third-order valence-corrected chi connectivity index (χ3v) is 6.27. The SMILES string of the molecule is COc1cc(CCC(C)=O)ccc1OCC1CN(C(=O)CCS/C=C\c2ccccc2)CCO1. The van der Waals surface area contributed by atoms with Crippen molar-refractivity contribution in [3.8, 4) is 11.5 Å². The summed E-state index contributed by atoms with van der Waals surface area (Å²) in [7, 11) is 1.60. The predicted octanol–water partition coefficient (Wildman–Crippen LogP) is 4.62. The summed E-state index contributed by atoms with van der Waals surface area (Å²) in [5.41, 5.74) is 2.18. The van der Waals surface area contributed by atoms with Crippen LogP contribution < -0.4 is 9.47 Å². The average Bonchev–Trinajstić information content (AvgIpc) is 2.86. The molecule has 2 aromatic carbocycles. The van der Waals surface area contributed by atoms with Gasteiger partial charge in [0.25, 0.3) is 0 Å². The number of aryl methyl sites for hydroxylation is 1. The molecule has 0 N–H and O–H groups in total. The van der Waals surface area contributed by atoms with Crippen LogP contribution in [0, 0.1) is 0 Å². The van der Waals surface area contributed by atoms with E-state index in [-0.39, 0.29) is 17.8 Å². The van der Waals surface area contributed by atoms with E-state index in [1.165, 1.54) is 0 Å². The van der Waals surface area contributed by atoms with Gasteiger partial charge in [-0.05, 0) is 48.1 Å². The number of ether oxygens (including phenoxy) is 3. The van der Waals surface area contributed by atoms with Crippen molar-refractivity contribution in [2.45, 2.75) is 32.3 Å². The van der Waals surface area contributed by atoms with Gasteiger partial charge < -0.3 is 23.9 Å². The van der Waals surface area contributed by atoms with Crippen LogP contribution in [0.5, 0.6) is 11.5 Å². The van der Waals surface area contributed by atoms with Crippen molar-refractivity contribution in [1.29, 1.82) is 0 Å². The molecule has 1 aliphatic heterocycles. The Morgan fingerprint density at radius 3 is 2.74 bits per heavy atom. The zero-order valence-corrected chi connectivity index (χ0v) is 20.7. The van der Waals surface area contributed by atoms with Crippen LogP contribution in [-0.2, 0) is 20.7 Å². The highest BCUT2D eigenvalue weighted by Gasteiger charge is 2.24. The molecule has 182 valence electrons. The van der Waals surface area contributed by atoms with Gasteiger partial charge in [-0.3, -0.25) is 4.79 Å². The highest BCUT2D eigenvalue weighted by Crippen LogP contribution is 2.29. The minimum absolute atomic E-state index is 0.140. The normalized spacial score (nSPS) is 15.9. The highest BCUT2D eigenvalue weighted by molar-refractivity contribution is 8.02. The number of benzene rings is 2. The number of hydrogen-bond donors (Lipinski definition) is 0. The number of morpholine rings is 1. The third kappa shape index (κ3) is 8.54. The summed E-state index contributed by atoms with van der Waals surface area (Å²) < 4.78 is 17.2. The van der Waals surface area contributed by atoms with Crippen molar-refractivity contribution in [2.24, 2.45) is 0 Å². The molecule has 0 aromatic heterocycles. The van der Waals surface area contributed by atoms with E-state index in [1.54, 1.807) is 25.8 Å². The summed E-state index contributed by atoms with van der Waals surface area (Å²) in [6.45, 7) is 3.55. The molecule has 34 heavy (non-hydrogen) atoms. The summed E-state index contributed by atoms with van der Waals surface area (Å²) >= 11 is 1.64. The monoisotopic (exact) mass is 483 g/mol. The minimum Gasteiger partial charge on any atom is -0.493 e. The second-order valence-corrected chi connectivity index (χ2v) is 9.18. The van der Waals surface area contributed by atoms with E-state index in [0.717, 1.165) is 16.9 Å². The molecule has 1 aliphatic rings. The molecule has 1 amide bonds. The molecule has 0 aliphatic carbocycles. The average molecular weight is 484 g/mol. The van der Waals surface area contributed by atoms with Crippen LogP contribution in [0.1, 0.15) is 30.9 Å². The molecule has 3 rings (SSSR count). The molecule has 2 aromatic rings. The first-order valence-corrected chi connectivity index (χ1v) is 12.6. The summed E-state index contributed by atoms with van der Waals surface area (Å²) in [5, 5.41) is 2.04. The van der Waals surface area contributed by atoms with E-state index < -0.39 is 0 Å². The fourth-order valence-corrected chi connectivity index (χ4v) is 4.28. The van der Waals surface area contributed by atoms with Gasteiger partial charge in [0.15, 0.2) is 11.5 Å². The van der Waals surface area contributed by atoms with Gasteiger partial charge in [-0.2, -0.15) is 0 Å². The quantitative estimate of drug-likeness (QED) is 0.411. The molecular weight excluding hydrogens is 450 g/mol. The van der Waals surface area contributed by atoms with E-state index in [0.29, 0.717) is 57.1 Å². The number of thioether (sulfide) groups is 1. The summed E-state index contributed by atoms with van der Waals surface area (Å²) in [5.74, 6) is 2.30. The topological polar surface area (TPSA) is 65.1 Å². The molecule has 0 saturated carbocycles. The second kappa shape index (κ2) is 13.8. The van der Waals surface area contributed by atoms with Crippen molar-refractivity contribution in [3.05, 3.63) is 65.1 Å². The smallest absolute Gasteiger partial charge is 0.223 e. The van der Waals surface area contributed by atoms with Crippen molar-refractivity contribution < 1.29 is 23.8 Å². The van der Waals surface area contributed by atoms with Crippen LogP contribution in [0.3, 0.4) is 0 Å². The van der Waals surface area contributed by atoms with Crippen molar-refractivity contribution in [3.63, 3.8) is 0 Å². The first-order valence-electron chi connectivity index (χ1n) is 11.6. The minimum atomic E-state index is -0.189. The fourth-order valence-electron chi connectivity index (χ4n) is 3.60. The summed E-state index contributed by atoms with van der Waals surface area (Å²) in [4.78, 5) is 25.7. The lowest BCUT2D eigenvalue weighted by Crippen LogP contribution is -2.47. The predicted molar refractivity (Wildman–Crippen MR) is 136 cm³/mol. The molecule has 0 spiro atoms. The molecule has 1 atom stereocenters. The maximum absolute atomic E-state index is 12.6. The van der Waals surface area contributed by atoms with Gasteiger partial charge in [-0.1, -0.05) is 36.4 Å². The van der Waals surface area contributed by atoms with Crippen molar-refractivity contribution in [2.75, 3.05) is 39.2 Å². The summed E-state index contributed by atoms with van der Waals surface area (Å²) in [6.07, 6.45) is 3.54. The zero-order valence-electron chi connectivity index (χ0n) is 19.9. The Kier molecular flexibility index (Phi) is 10.5. The number of Topliss-reactive ketones (excluding diaryl/α,β-unsaturated/α-hetero) is 1. The van der Waals surface area contributed by atoms with Crippen molar-refractivity contribution >= 4 is 29.5 Å². The molecule has 6 nitrogen and oxygen atoms in total. The Bertz CT molecular complexity index is 963. The Morgan fingerprint density at radius 2 is 1.97 bits per heavy atom. The number of methoxy groups -OCH3 is 1. The molecule has 1 unspecified atom stereocenters. The lowest BCUT2D eigenvalue weighted by molar-refractivity contribution is -0.139. The van der Waals surface area contributed by atoms with Crippen LogP contribution in [0.2, 0.25) is 0 Å². The third-order valence-electron chi connectivity index (χ3n) is 5.50. The maximum atomic E-state index is 12.6. The van der Waals surface area contributed by atoms with Gasteiger partial charge in [0, 0.05) is 25.1 Å². The molecular formula is C27H33NO5S. The Balaban J connectivity index is 1.42. The van der Waals surface area contributed by atoms with Gasteiger partial charge in [0.05, 0.1) is 20.3 Å². The number of ketones is 1. The van der Waals surface area contributed by atoms with Crippen molar-refractivity contribution in [1.82, 2.24) is 4.90 Å². The number of hydrogen-bond acceptors (Lipinski definition) is 6. The first-order chi connectivity index (χ1) is 16.5. The van der Waals surface area contributed by atoms with E-state index in [9.17, 15) is 9.59 Å². The lowest BCUT2D eigenvalue weighted by atomic mass is 10.1. The Hall–Kier alpha value is -2.77. The molecule has 1 fully saturated rings. The molecule has 7 heteroatoms. The molecule has 0 radical (unpaired) electrons. The van der Waals surface area contributed by atoms with Gasteiger partial charge in [-0.15, -0.1) is 11.8 Å². The van der Waals surface area contributed by atoms with Crippen LogP contribution in [0.15, 0.2) is 53.9 Å². The van der Waals surface area contributed by atoms with Gasteiger partial charge >= 0.3 is 0 Å². The van der Waals surface area contributed by atoms with Gasteiger partial charge in [0.1, 0.15) is 18.5 Å². The zero-order chi connectivity index (χ0) is 24.2. The van der Waals surface area contributed by atoms with Crippen LogP contribution in [0.4, 0.5) is 0 Å². The van der Waals surface area contributed by atoms with Gasteiger partial charge in [-0.25, -0.2) is 0 Å². The number of carbonyl (C=O) groups excluding carboxylic acids is 2. The Morgan fingerprint density at radius 1 is 1.15 bits per heavy atom. The van der Waals surface area contributed by atoms with E-state index in [1.807, 2.05) is 46.7 Å². The van der Waals surface area contributed by atoms with E-state index in [4.69, 9.17) is 14.2 Å². The van der Waals surface area contributed by atoms with Crippen LogP contribution >= 0.6 is 11.8 Å². The first kappa shape index (κ1) is 25.8. The number of amides is 1. The van der Waals surface area contributed by atoms with E-state index in [2.05, 4.69) is 18.2 Å². The number of rotatable bonds is 12. The van der Waals surface area contributed by atoms with Crippen LogP contribution in [-0.4, -0.2) is 61.9 Å². The molecule has 0 bridgehead atoms.